The molecule has 116 valence electrons. The summed E-state index contributed by atoms with van der Waals surface area (Å²) in [6, 6.07) is 4.91. The van der Waals surface area contributed by atoms with E-state index in [9.17, 15) is 19.1 Å². The van der Waals surface area contributed by atoms with Gasteiger partial charge in [-0.3, -0.25) is 9.59 Å². The van der Waals surface area contributed by atoms with Gasteiger partial charge in [-0.15, -0.1) is 0 Å². The lowest BCUT2D eigenvalue weighted by molar-refractivity contribution is -0.166. The maximum atomic E-state index is 13.1. The van der Waals surface area contributed by atoms with Crippen LogP contribution in [-0.4, -0.2) is 36.9 Å². The molecule has 0 bridgehead atoms. The van der Waals surface area contributed by atoms with Gasteiger partial charge in [-0.05, 0) is 31.5 Å². The third-order valence-corrected chi connectivity index (χ3v) is 3.07. The summed E-state index contributed by atoms with van der Waals surface area (Å²) < 4.78 is 23.0. The number of aliphatic hydroxyl groups is 1. The first-order valence-corrected chi connectivity index (χ1v) is 6.74. The molecule has 0 aliphatic rings. The minimum absolute atomic E-state index is 0.0760. The number of carbonyl (C=O) groups is 2. The monoisotopic (exact) mass is 298 g/mol. The number of benzene rings is 1. The Morgan fingerprint density at radius 3 is 1.95 bits per heavy atom. The number of carbonyl (C=O) groups excluding carboxylic acids is 2. The maximum absolute atomic E-state index is 13.1. The van der Waals surface area contributed by atoms with Gasteiger partial charge in [0, 0.05) is 13.0 Å². The van der Waals surface area contributed by atoms with Crippen LogP contribution in [0.1, 0.15) is 25.8 Å². The molecule has 0 aliphatic heterocycles. The van der Waals surface area contributed by atoms with E-state index in [4.69, 9.17) is 9.47 Å². The fourth-order valence-corrected chi connectivity index (χ4v) is 2.08. The zero-order valence-electron chi connectivity index (χ0n) is 12.1. The van der Waals surface area contributed by atoms with Crippen molar-refractivity contribution in [1.29, 1.82) is 0 Å². The van der Waals surface area contributed by atoms with Crippen LogP contribution in [0.3, 0.4) is 0 Å². The average Bonchev–Trinajstić information content (AvgIpc) is 2.46. The minimum Gasteiger partial charge on any atom is -0.465 e. The molecule has 0 spiro atoms. The normalized spacial score (nSPS) is 11.0. The summed E-state index contributed by atoms with van der Waals surface area (Å²) in [4.78, 5) is 24.7. The molecular weight excluding hydrogens is 279 g/mol. The molecule has 0 aliphatic carbocycles. The Kier molecular flexibility index (Phi) is 6.30. The van der Waals surface area contributed by atoms with E-state index in [1.54, 1.807) is 13.8 Å². The molecule has 0 saturated heterocycles. The molecule has 0 radical (unpaired) electrons. The van der Waals surface area contributed by atoms with E-state index in [-0.39, 0.29) is 25.2 Å². The molecular formula is C15H19FO5. The van der Waals surface area contributed by atoms with Crippen molar-refractivity contribution < 1.29 is 28.6 Å². The molecule has 1 N–H and O–H groups in total. The van der Waals surface area contributed by atoms with E-state index in [2.05, 4.69) is 0 Å². The maximum Gasteiger partial charge on any atom is 0.328 e. The number of ether oxygens (including phenoxy) is 2. The highest BCUT2D eigenvalue weighted by Gasteiger charge is 2.50. The molecule has 0 amide bonds. The topological polar surface area (TPSA) is 72.8 Å². The third kappa shape index (κ3) is 3.58. The van der Waals surface area contributed by atoms with E-state index in [0.29, 0.717) is 0 Å². The summed E-state index contributed by atoms with van der Waals surface area (Å²) >= 11 is 0. The lowest BCUT2D eigenvalue weighted by Gasteiger charge is -2.29. The molecule has 1 aromatic carbocycles. The van der Waals surface area contributed by atoms with Gasteiger partial charge in [0.1, 0.15) is 5.82 Å². The molecule has 0 atom stereocenters. The summed E-state index contributed by atoms with van der Waals surface area (Å²) in [5.74, 6) is -2.13. The molecule has 21 heavy (non-hydrogen) atoms. The number of rotatable bonds is 7. The lowest BCUT2D eigenvalue weighted by Crippen LogP contribution is -2.47. The van der Waals surface area contributed by atoms with Crippen LogP contribution < -0.4 is 0 Å². The van der Waals surface area contributed by atoms with Gasteiger partial charge < -0.3 is 14.6 Å². The highest BCUT2D eigenvalue weighted by Crippen LogP contribution is 2.32. The summed E-state index contributed by atoms with van der Waals surface area (Å²) in [5.41, 5.74) is -1.55. The van der Waals surface area contributed by atoms with Crippen molar-refractivity contribution in [3.05, 3.63) is 35.6 Å². The van der Waals surface area contributed by atoms with Crippen molar-refractivity contribution in [2.45, 2.75) is 25.7 Å². The Balaban J connectivity index is 3.38. The van der Waals surface area contributed by atoms with Gasteiger partial charge in [0.25, 0.3) is 0 Å². The van der Waals surface area contributed by atoms with Crippen LogP contribution in [0.15, 0.2) is 24.3 Å². The molecule has 0 aromatic heterocycles. The van der Waals surface area contributed by atoms with Crippen molar-refractivity contribution >= 4 is 11.9 Å². The van der Waals surface area contributed by atoms with Gasteiger partial charge in [0.2, 0.25) is 0 Å². The zero-order valence-corrected chi connectivity index (χ0v) is 12.1. The molecule has 0 saturated carbocycles. The third-order valence-electron chi connectivity index (χ3n) is 3.07. The largest absolute Gasteiger partial charge is 0.465 e. The first-order valence-electron chi connectivity index (χ1n) is 6.74. The predicted octanol–water partition coefficient (Wildman–Crippen LogP) is 1.57. The van der Waals surface area contributed by atoms with Crippen LogP contribution in [0.2, 0.25) is 0 Å². The van der Waals surface area contributed by atoms with E-state index in [1.165, 1.54) is 12.1 Å². The number of hydrogen-bond donors (Lipinski definition) is 1. The van der Waals surface area contributed by atoms with Crippen LogP contribution >= 0.6 is 0 Å². The van der Waals surface area contributed by atoms with Crippen LogP contribution in [0.5, 0.6) is 0 Å². The van der Waals surface area contributed by atoms with Crippen molar-refractivity contribution in [2.24, 2.45) is 0 Å². The highest BCUT2D eigenvalue weighted by molar-refractivity contribution is 6.06. The Labute approximate surface area is 122 Å². The Hall–Kier alpha value is -1.95. The molecule has 0 heterocycles. The van der Waals surface area contributed by atoms with Crippen LogP contribution in [0.4, 0.5) is 4.39 Å². The van der Waals surface area contributed by atoms with Gasteiger partial charge in [0.15, 0.2) is 5.41 Å². The van der Waals surface area contributed by atoms with Crippen LogP contribution in [0, 0.1) is 5.82 Å². The minimum atomic E-state index is -1.78. The van der Waals surface area contributed by atoms with Crippen molar-refractivity contribution in [3.63, 3.8) is 0 Å². The summed E-state index contributed by atoms with van der Waals surface area (Å²) in [5, 5.41) is 9.26. The van der Waals surface area contributed by atoms with Crippen molar-refractivity contribution in [2.75, 3.05) is 19.8 Å². The summed E-state index contributed by atoms with van der Waals surface area (Å²) in [6.45, 7) is 2.95. The van der Waals surface area contributed by atoms with Crippen molar-refractivity contribution in [3.8, 4) is 0 Å². The Morgan fingerprint density at radius 1 is 1.10 bits per heavy atom. The fourth-order valence-electron chi connectivity index (χ4n) is 2.08. The second-order valence-electron chi connectivity index (χ2n) is 4.33. The number of hydrogen-bond acceptors (Lipinski definition) is 5. The first kappa shape index (κ1) is 17.1. The SMILES string of the molecule is CCOC(=O)C(CCO)(C(=O)OCC)c1ccc(F)cc1. The number of esters is 2. The summed E-state index contributed by atoms with van der Waals surface area (Å²) in [7, 11) is 0. The Bertz CT molecular complexity index is 465. The molecule has 6 heteroatoms. The molecule has 1 aromatic rings. The Morgan fingerprint density at radius 2 is 1.57 bits per heavy atom. The smallest absolute Gasteiger partial charge is 0.328 e. The van der Waals surface area contributed by atoms with Gasteiger partial charge in [-0.1, -0.05) is 12.1 Å². The molecule has 5 nitrogen and oxygen atoms in total. The highest BCUT2D eigenvalue weighted by atomic mass is 19.1. The van der Waals surface area contributed by atoms with E-state index in [0.717, 1.165) is 12.1 Å². The zero-order chi connectivity index (χ0) is 15.9. The second-order valence-corrected chi connectivity index (χ2v) is 4.33. The second kappa shape index (κ2) is 7.73. The number of aliphatic hydroxyl groups excluding tert-OH is 1. The predicted molar refractivity (Wildman–Crippen MR) is 73.0 cm³/mol. The van der Waals surface area contributed by atoms with Gasteiger partial charge in [-0.2, -0.15) is 0 Å². The van der Waals surface area contributed by atoms with E-state index < -0.39 is 29.8 Å². The van der Waals surface area contributed by atoms with Crippen LogP contribution in [-0.2, 0) is 24.5 Å². The lowest BCUT2D eigenvalue weighted by atomic mass is 9.77. The van der Waals surface area contributed by atoms with Gasteiger partial charge in [0.05, 0.1) is 13.2 Å². The molecule has 0 fully saturated rings. The van der Waals surface area contributed by atoms with E-state index >= 15 is 0 Å². The molecule has 1 rings (SSSR count). The van der Waals surface area contributed by atoms with Gasteiger partial charge >= 0.3 is 11.9 Å². The van der Waals surface area contributed by atoms with Crippen molar-refractivity contribution in [1.82, 2.24) is 0 Å². The number of halogens is 1. The summed E-state index contributed by atoms with van der Waals surface area (Å²) in [6.07, 6.45) is -0.198. The first-order chi connectivity index (χ1) is 10.0. The average molecular weight is 298 g/mol. The van der Waals surface area contributed by atoms with E-state index in [1.807, 2.05) is 0 Å². The van der Waals surface area contributed by atoms with Crippen LogP contribution in [0.25, 0.3) is 0 Å². The molecule has 0 unspecified atom stereocenters. The quantitative estimate of drug-likeness (QED) is 0.611. The standard InChI is InChI=1S/C15H19FO5/c1-3-20-13(18)15(9-10-17,14(19)21-4-2)11-5-7-12(16)8-6-11/h5-8,17H,3-4,9-10H2,1-2H3. The fraction of sp³-hybridized carbons (Fsp3) is 0.467. The van der Waals surface area contributed by atoms with Gasteiger partial charge in [-0.25, -0.2) is 4.39 Å².